The van der Waals surface area contributed by atoms with Gasteiger partial charge in [0, 0.05) is 19.0 Å². The molecule has 0 radical (unpaired) electrons. The van der Waals surface area contributed by atoms with Crippen LogP contribution in [-0.2, 0) is 0 Å². The van der Waals surface area contributed by atoms with Crippen molar-refractivity contribution in [1.29, 1.82) is 0 Å². The average Bonchev–Trinajstić information content (AvgIpc) is 2.44. The first-order chi connectivity index (χ1) is 8.65. The van der Waals surface area contributed by atoms with Crippen molar-refractivity contribution in [2.45, 2.75) is 6.92 Å². The van der Waals surface area contributed by atoms with Crippen molar-refractivity contribution < 1.29 is 9.53 Å². The Labute approximate surface area is 106 Å². The highest BCUT2D eigenvalue weighted by molar-refractivity contribution is 5.94. The predicted octanol–water partition coefficient (Wildman–Crippen LogP) is 2.34. The molecular formula is C14H16N2O2. The molecule has 4 heteroatoms. The summed E-state index contributed by atoms with van der Waals surface area (Å²) in [6, 6.07) is 9.24. The van der Waals surface area contributed by atoms with Crippen molar-refractivity contribution in [2.75, 3.05) is 20.7 Å². The Morgan fingerprint density at radius 2 is 2.11 bits per heavy atom. The van der Waals surface area contributed by atoms with Crippen LogP contribution >= 0.6 is 0 Å². The van der Waals surface area contributed by atoms with Gasteiger partial charge in [0.1, 0.15) is 11.4 Å². The highest BCUT2D eigenvalue weighted by Gasteiger charge is 2.11. The fraction of sp³-hybridized carbons (Fsp3) is 0.286. The molecule has 0 aliphatic rings. The molecule has 94 valence electrons. The van der Waals surface area contributed by atoms with Gasteiger partial charge in [-0.25, -0.2) is 4.98 Å². The summed E-state index contributed by atoms with van der Waals surface area (Å²) in [6.45, 7) is 2.60. The summed E-state index contributed by atoms with van der Waals surface area (Å²) in [7, 11) is 3.39. The lowest BCUT2D eigenvalue weighted by Crippen LogP contribution is -2.26. The number of pyridine rings is 1. The van der Waals surface area contributed by atoms with Gasteiger partial charge in [-0.05, 0) is 31.2 Å². The van der Waals surface area contributed by atoms with Gasteiger partial charge in [-0.1, -0.05) is 6.07 Å². The van der Waals surface area contributed by atoms with Crippen LogP contribution < -0.4 is 4.74 Å². The number of hydrogen-bond acceptors (Lipinski definition) is 3. The van der Waals surface area contributed by atoms with Gasteiger partial charge < -0.3 is 9.64 Å². The zero-order chi connectivity index (χ0) is 13.1. The van der Waals surface area contributed by atoms with Gasteiger partial charge in [-0.3, -0.25) is 4.79 Å². The Morgan fingerprint density at radius 1 is 1.33 bits per heavy atom. The first-order valence-corrected chi connectivity index (χ1v) is 5.86. The van der Waals surface area contributed by atoms with Gasteiger partial charge in [-0.2, -0.15) is 0 Å². The van der Waals surface area contributed by atoms with E-state index in [-0.39, 0.29) is 5.91 Å². The van der Waals surface area contributed by atoms with Crippen LogP contribution in [0.4, 0.5) is 0 Å². The molecule has 0 saturated heterocycles. The van der Waals surface area contributed by atoms with Crippen molar-refractivity contribution >= 4 is 16.8 Å². The average molecular weight is 244 g/mol. The number of carbonyl (C=O) groups is 1. The largest absolute Gasteiger partial charge is 0.497 e. The number of fused-ring (bicyclic) bond motifs is 1. The van der Waals surface area contributed by atoms with Crippen molar-refractivity contribution in [3.63, 3.8) is 0 Å². The first kappa shape index (κ1) is 12.4. The number of amides is 1. The van der Waals surface area contributed by atoms with Gasteiger partial charge in [0.05, 0.1) is 12.6 Å². The lowest BCUT2D eigenvalue weighted by molar-refractivity contribution is 0.0797. The number of benzene rings is 1. The van der Waals surface area contributed by atoms with E-state index in [2.05, 4.69) is 4.98 Å². The van der Waals surface area contributed by atoms with E-state index in [9.17, 15) is 4.79 Å². The second-order valence-corrected chi connectivity index (χ2v) is 4.07. The fourth-order valence-corrected chi connectivity index (χ4v) is 1.69. The van der Waals surface area contributed by atoms with Crippen LogP contribution in [0.3, 0.4) is 0 Å². The maximum atomic E-state index is 12.0. The third-order valence-electron chi connectivity index (χ3n) is 2.94. The van der Waals surface area contributed by atoms with Gasteiger partial charge in [0.25, 0.3) is 5.91 Å². The summed E-state index contributed by atoms with van der Waals surface area (Å²) in [4.78, 5) is 18.0. The van der Waals surface area contributed by atoms with Crippen LogP contribution in [-0.4, -0.2) is 36.5 Å². The van der Waals surface area contributed by atoms with Crippen molar-refractivity contribution in [3.05, 3.63) is 36.0 Å². The first-order valence-electron chi connectivity index (χ1n) is 5.86. The number of aromatic nitrogens is 1. The van der Waals surface area contributed by atoms with Crippen LogP contribution in [0.15, 0.2) is 30.3 Å². The van der Waals surface area contributed by atoms with Crippen molar-refractivity contribution in [2.24, 2.45) is 0 Å². The zero-order valence-electron chi connectivity index (χ0n) is 10.8. The molecule has 2 aromatic rings. The molecule has 0 aliphatic heterocycles. The maximum absolute atomic E-state index is 12.0. The topological polar surface area (TPSA) is 42.4 Å². The molecule has 18 heavy (non-hydrogen) atoms. The minimum Gasteiger partial charge on any atom is -0.497 e. The molecule has 0 bridgehead atoms. The van der Waals surface area contributed by atoms with Gasteiger partial charge >= 0.3 is 0 Å². The highest BCUT2D eigenvalue weighted by Crippen LogP contribution is 2.19. The quantitative estimate of drug-likeness (QED) is 0.832. The van der Waals surface area contributed by atoms with E-state index in [4.69, 9.17) is 4.74 Å². The number of methoxy groups -OCH3 is 1. The molecule has 1 amide bonds. The normalized spacial score (nSPS) is 10.4. The Morgan fingerprint density at radius 3 is 2.78 bits per heavy atom. The molecular weight excluding hydrogens is 228 g/mol. The van der Waals surface area contributed by atoms with E-state index in [1.807, 2.05) is 31.2 Å². The third kappa shape index (κ3) is 2.27. The third-order valence-corrected chi connectivity index (χ3v) is 2.94. The smallest absolute Gasteiger partial charge is 0.272 e. The Bertz CT molecular complexity index is 581. The highest BCUT2D eigenvalue weighted by atomic mass is 16.5. The standard InChI is InChI=1S/C14H16N2O2/c1-4-16(2)14(17)13-7-5-10-9-11(18-3)6-8-12(10)15-13/h5-9H,4H2,1-3H3. The minimum absolute atomic E-state index is 0.0600. The molecule has 2 rings (SSSR count). The van der Waals surface area contributed by atoms with E-state index in [1.54, 1.807) is 25.1 Å². The predicted molar refractivity (Wildman–Crippen MR) is 70.9 cm³/mol. The van der Waals surface area contributed by atoms with Crippen LogP contribution in [0.5, 0.6) is 5.75 Å². The Kier molecular flexibility index (Phi) is 3.46. The molecule has 0 spiro atoms. The van der Waals surface area contributed by atoms with Crippen LogP contribution in [0.2, 0.25) is 0 Å². The van der Waals surface area contributed by atoms with Crippen molar-refractivity contribution in [3.8, 4) is 5.75 Å². The zero-order valence-corrected chi connectivity index (χ0v) is 10.8. The van der Waals surface area contributed by atoms with E-state index >= 15 is 0 Å². The number of hydrogen-bond donors (Lipinski definition) is 0. The fourth-order valence-electron chi connectivity index (χ4n) is 1.69. The van der Waals surface area contributed by atoms with Crippen molar-refractivity contribution in [1.82, 2.24) is 9.88 Å². The molecule has 4 nitrogen and oxygen atoms in total. The molecule has 1 heterocycles. The van der Waals surface area contributed by atoms with E-state index in [1.165, 1.54) is 0 Å². The summed E-state index contributed by atoms with van der Waals surface area (Å²) < 4.78 is 5.15. The second-order valence-electron chi connectivity index (χ2n) is 4.07. The number of carbonyl (C=O) groups excluding carboxylic acids is 1. The lowest BCUT2D eigenvalue weighted by atomic mass is 10.2. The maximum Gasteiger partial charge on any atom is 0.272 e. The Hall–Kier alpha value is -2.10. The monoisotopic (exact) mass is 244 g/mol. The SMILES string of the molecule is CCN(C)C(=O)c1ccc2cc(OC)ccc2n1. The van der Waals surface area contributed by atoms with E-state index < -0.39 is 0 Å². The minimum atomic E-state index is -0.0600. The molecule has 1 aromatic carbocycles. The molecule has 0 atom stereocenters. The molecule has 0 aliphatic carbocycles. The van der Waals surface area contributed by atoms with Gasteiger partial charge in [0.15, 0.2) is 0 Å². The molecule has 0 unspecified atom stereocenters. The van der Waals surface area contributed by atoms with Crippen LogP contribution in [0.25, 0.3) is 10.9 Å². The number of nitrogens with zero attached hydrogens (tertiary/aromatic N) is 2. The molecule has 0 fully saturated rings. The number of rotatable bonds is 3. The summed E-state index contributed by atoms with van der Waals surface area (Å²) >= 11 is 0. The Balaban J connectivity index is 2.42. The molecule has 1 aromatic heterocycles. The summed E-state index contributed by atoms with van der Waals surface area (Å²) in [6.07, 6.45) is 0. The molecule has 0 N–H and O–H groups in total. The van der Waals surface area contributed by atoms with Gasteiger partial charge in [-0.15, -0.1) is 0 Å². The second kappa shape index (κ2) is 5.04. The van der Waals surface area contributed by atoms with Crippen LogP contribution in [0, 0.1) is 0 Å². The lowest BCUT2D eigenvalue weighted by Gasteiger charge is -2.13. The summed E-state index contributed by atoms with van der Waals surface area (Å²) in [5.41, 5.74) is 1.27. The summed E-state index contributed by atoms with van der Waals surface area (Å²) in [5.74, 6) is 0.726. The molecule has 0 saturated carbocycles. The summed E-state index contributed by atoms with van der Waals surface area (Å²) in [5, 5.41) is 0.963. The van der Waals surface area contributed by atoms with E-state index in [0.717, 1.165) is 16.7 Å². The van der Waals surface area contributed by atoms with Crippen LogP contribution in [0.1, 0.15) is 17.4 Å². The van der Waals surface area contributed by atoms with Gasteiger partial charge in [0.2, 0.25) is 0 Å². The van der Waals surface area contributed by atoms with E-state index in [0.29, 0.717) is 12.2 Å². The number of ether oxygens (including phenoxy) is 1.